The lowest BCUT2D eigenvalue weighted by Crippen LogP contribution is -2.57. The van der Waals surface area contributed by atoms with Crippen molar-refractivity contribution in [2.24, 2.45) is 11.8 Å². The maximum Gasteiger partial charge on any atom is 0.329 e. The molecule has 3 rings (SSSR count). The summed E-state index contributed by atoms with van der Waals surface area (Å²) in [5.74, 6) is -1.03. The number of benzene rings is 1. The van der Waals surface area contributed by atoms with E-state index in [2.05, 4.69) is 10.2 Å². The zero-order chi connectivity index (χ0) is 31.8. The van der Waals surface area contributed by atoms with Gasteiger partial charge >= 0.3 is 5.97 Å². The van der Waals surface area contributed by atoms with Gasteiger partial charge in [-0.25, -0.2) is 4.79 Å². The van der Waals surface area contributed by atoms with E-state index in [0.717, 1.165) is 37.8 Å². The van der Waals surface area contributed by atoms with E-state index < -0.39 is 24.2 Å². The third-order valence-electron chi connectivity index (χ3n) is 8.89. The number of hydrogen-bond donors (Lipinski definition) is 1. The Morgan fingerprint density at radius 3 is 2.19 bits per heavy atom. The highest BCUT2D eigenvalue weighted by Gasteiger charge is 2.38. The van der Waals surface area contributed by atoms with Gasteiger partial charge in [0.15, 0.2) is 0 Å². The molecule has 2 unspecified atom stereocenters. The Labute approximate surface area is 258 Å². The summed E-state index contributed by atoms with van der Waals surface area (Å²) in [5.41, 5.74) is 1.38. The molecule has 5 atom stereocenters. The summed E-state index contributed by atoms with van der Waals surface area (Å²) in [7, 11) is 3.69. The lowest BCUT2D eigenvalue weighted by Gasteiger charge is -2.36. The summed E-state index contributed by atoms with van der Waals surface area (Å²) >= 11 is 0. The number of ether oxygens (including phenoxy) is 1. The van der Waals surface area contributed by atoms with Gasteiger partial charge in [-0.1, -0.05) is 70.5 Å². The van der Waals surface area contributed by atoms with Crippen LogP contribution in [0.5, 0.6) is 0 Å². The number of hydrogen-bond acceptors (Lipinski definition) is 6. The predicted octanol–water partition coefficient (Wildman–Crippen LogP) is 4.34. The zero-order valence-electron chi connectivity index (χ0n) is 27.3. The Hall–Kier alpha value is -3.20. The highest BCUT2D eigenvalue weighted by atomic mass is 16.5. The molecule has 0 radical (unpaired) electrons. The maximum absolute atomic E-state index is 13.8. The first kappa shape index (κ1) is 34.3. The minimum atomic E-state index is -0.678. The molecule has 0 aromatic heterocycles. The van der Waals surface area contributed by atoms with Crippen LogP contribution >= 0.6 is 0 Å². The Morgan fingerprint density at radius 2 is 1.58 bits per heavy atom. The molecular formula is C34H52N4O5. The van der Waals surface area contributed by atoms with Crippen LogP contribution < -0.4 is 5.32 Å². The highest BCUT2D eigenvalue weighted by molar-refractivity contribution is 5.96. The number of nitrogens with zero attached hydrogens (tertiary/aromatic N) is 3. The molecule has 0 aliphatic carbocycles. The van der Waals surface area contributed by atoms with Crippen LogP contribution in [0, 0.1) is 11.8 Å². The van der Waals surface area contributed by atoms with E-state index in [1.165, 1.54) is 0 Å². The van der Waals surface area contributed by atoms with Crippen LogP contribution in [0.25, 0.3) is 0 Å². The van der Waals surface area contributed by atoms with E-state index in [1.54, 1.807) is 23.8 Å². The second kappa shape index (κ2) is 15.5. The van der Waals surface area contributed by atoms with Gasteiger partial charge in [0.1, 0.15) is 18.2 Å². The number of likely N-dealkylation sites (N-methyl/N-ethyl adjacent to an activating group) is 2. The van der Waals surface area contributed by atoms with Crippen LogP contribution in [0.1, 0.15) is 85.3 Å². The first-order valence-electron chi connectivity index (χ1n) is 15.9. The summed E-state index contributed by atoms with van der Waals surface area (Å²) in [6.45, 7) is 12.8. The molecule has 2 aliphatic heterocycles. The molecule has 1 aromatic carbocycles. The molecule has 1 aromatic rings. The predicted molar refractivity (Wildman–Crippen MR) is 168 cm³/mol. The molecule has 2 fully saturated rings. The average molecular weight is 597 g/mol. The second-order valence-corrected chi connectivity index (χ2v) is 12.9. The van der Waals surface area contributed by atoms with Crippen molar-refractivity contribution in [2.45, 2.75) is 104 Å². The summed E-state index contributed by atoms with van der Waals surface area (Å²) in [4.78, 5) is 59.1. The molecule has 9 heteroatoms. The molecule has 0 bridgehead atoms. The quantitative estimate of drug-likeness (QED) is 0.302. The van der Waals surface area contributed by atoms with E-state index >= 15 is 0 Å². The number of carbonyl (C=O) groups is 4. The molecule has 0 spiro atoms. The third-order valence-corrected chi connectivity index (χ3v) is 8.89. The van der Waals surface area contributed by atoms with Gasteiger partial charge in [-0.2, -0.15) is 0 Å². The normalized spacial score (nSPS) is 21.8. The van der Waals surface area contributed by atoms with Crippen LogP contribution in [0.15, 0.2) is 42.0 Å². The Morgan fingerprint density at radius 1 is 0.930 bits per heavy atom. The second-order valence-electron chi connectivity index (χ2n) is 12.9. The number of carbonyl (C=O) groups excluding carboxylic acids is 4. The van der Waals surface area contributed by atoms with E-state index in [9.17, 15) is 19.2 Å². The van der Waals surface area contributed by atoms with Gasteiger partial charge in [0.05, 0.1) is 12.1 Å². The number of nitrogens with one attached hydrogen (secondary N) is 1. The van der Waals surface area contributed by atoms with E-state index in [-0.39, 0.29) is 41.6 Å². The molecular weight excluding hydrogens is 544 g/mol. The number of rotatable bonds is 11. The van der Waals surface area contributed by atoms with E-state index in [0.29, 0.717) is 18.5 Å². The fourth-order valence-electron chi connectivity index (χ4n) is 6.14. The van der Waals surface area contributed by atoms with Gasteiger partial charge in [0.2, 0.25) is 17.7 Å². The molecule has 2 saturated heterocycles. The monoisotopic (exact) mass is 596 g/mol. The fourth-order valence-corrected chi connectivity index (χ4v) is 6.14. The minimum absolute atomic E-state index is 0.00996. The molecule has 1 N–H and O–H groups in total. The van der Waals surface area contributed by atoms with Crippen LogP contribution in [0.4, 0.5) is 0 Å². The van der Waals surface area contributed by atoms with Crippen molar-refractivity contribution in [3.63, 3.8) is 0 Å². The molecule has 9 nitrogen and oxygen atoms in total. The zero-order valence-corrected chi connectivity index (χ0v) is 27.3. The van der Waals surface area contributed by atoms with E-state index in [1.807, 2.05) is 78.1 Å². The molecule has 2 heterocycles. The lowest BCUT2D eigenvalue weighted by atomic mass is 9.96. The largest absolute Gasteiger partial charge is 0.456 e. The van der Waals surface area contributed by atoms with Crippen LogP contribution in [0.2, 0.25) is 0 Å². The van der Waals surface area contributed by atoms with Gasteiger partial charge in [-0.05, 0) is 70.5 Å². The topological polar surface area (TPSA) is 99.3 Å². The van der Waals surface area contributed by atoms with Crippen molar-refractivity contribution < 1.29 is 23.9 Å². The van der Waals surface area contributed by atoms with Gasteiger partial charge < -0.3 is 19.9 Å². The van der Waals surface area contributed by atoms with Crippen LogP contribution in [0.3, 0.4) is 0 Å². The fraction of sp³-hybridized carbons (Fsp3) is 0.647. The lowest BCUT2D eigenvalue weighted by molar-refractivity contribution is -0.156. The third kappa shape index (κ3) is 8.68. The maximum atomic E-state index is 13.8. The average Bonchev–Trinajstić information content (AvgIpc) is 3.48. The molecule has 3 amide bonds. The summed E-state index contributed by atoms with van der Waals surface area (Å²) in [6, 6.07) is 7.61. The number of likely N-dealkylation sites (tertiary alicyclic amines) is 2. The summed E-state index contributed by atoms with van der Waals surface area (Å²) < 4.78 is 5.76. The standard InChI is InChI=1S/C34H52N4O5/c1-22(2)29(37(8)33(41)30(23(3)4)35-31(39)27-17-12-13-19-36(27)7)21-24(5)32(40)38-20-14-18-28(38)34(42)43-25(6)26-15-10-9-11-16-26/h9-11,15-16,21-23,25,27-30H,12-14,17-20H2,1-8H3,(H,35,39)/b24-21+/t25-,27+,28?,29+,30?/m0/s1. The van der Waals surface area contributed by atoms with Crippen molar-refractivity contribution in [1.29, 1.82) is 0 Å². The minimum Gasteiger partial charge on any atom is -0.456 e. The van der Waals surface area contributed by atoms with Crippen molar-refractivity contribution in [2.75, 3.05) is 27.2 Å². The van der Waals surface area contributed by atoms with Gasteiger partial charge in [-0.15, -0.1) is 0 Å². The van der Waals surface area contributed by atoms with Gasteiger partial charge in [-0.3, -0.25) is 19.3 Å². The van der Waals surface area contributed by atoms with Crippen molar-refractivity contribution in [3.8, 4) is 0 Å². The molecule has 2 aliphatic rings. The van der Waals surface area contributed by atoms with Crippen molar-refractivity contribution in [3.05, 3.63) is 47.5 Å². The van der Waals surface area contributed by atoms with Crippen molar-refractivity contribution >= 4 is 23.7 Å². The smallest absolute Gasteiger partial charge is 0.329 e. The van der Waals surface area contributed by atoms with E-state index in [4.69, 9.17) is 4.74 Å². The number of piperidine rings is 1. The Balaban J connectivity index is 1.72. The highest BCUT2D eigenvalue weighted by Crippen LogP contribution is 2.26. The Bertz CT molecular complexity index is 1150. The SMILES string of the molecule is C/C(=C\[C@H](C(C)C)N(C)C(=O)C(NC(=O)[C@H]1CCCCN1C)C(C)C)C(=O)N1CCCC1C(=O)O[C@@H](C)c1ccccc1. The first-order chi connectivity index (χ1) is 20.3. The van der Waals surface area contributed by atoms with Crippen LogP contribution in [-0.4, -0.2) is 89.7 Å². The molecule has 238 valence electrons. The number of esters is 1. The summed E-state index contributed by atoms with van der Waals surface area (Å²) in [6.07, 6.45) is 5.53. The van der Waals surface area contributed by atoms with Crippen LogP contribution in [-0.2, 0) is 23.9 Å². The molecule has 0 saturated carbocycles. The van der Waals surface area contributed by atoms with Crippen molar-refractivity contribution in [1.82, 2.24) is 20.0 Å². The first-order valence-corrected chi connectivity index (χ1v) is 15.9. The molecule has 43 heavy (non-hydrogen) atoms. The van der Waals surface area contributed by atoms with Gasteiger partial charge in [0, 0.05) is 19.2 Å². The van der Waals surface area contributed by atoms with Gasteiger partial charge in [0.25, 0.3) is 0 Å². The Kier molecular flexibility index (Phi) is 12.4. The number of amides is 3. The summed E-state index contributed by atoms with van der Waals surface area (Å²) in [5, 5.41) is 3.04.